The number of ether oxygens (including phenoxy) is 1. The van der Waals surface area contributed by atoms with Crippen molar-refractivity contribution in [3.63, 3.8) is 0 Å². The number of anilines is 1. The van der Waals surface area contributed by atoms with E-state index < -0.39 is 16.3 Å². The van der Waals surface area contributed by atoms with Crippen molar-refractivity contribution >= 4 is 22.0 Å². The van der Waals surface area contributed by atoms with Gasteiger partial charge in [-0.25, -0.2) is 9.52 Å². The third kappa shape index (κ3) is 2.70. The summed E-state index contributed by atoms with van der Waals surface area (Å²) in [6, 6.07) is 7.20. The molecule has 1 aromatic rings. The first-order valence-electron chi connectivity index (χ1n) is 6.17. The van der Waals surface area contributed by atoms with Gasteiger partial charge < -0.3 is 10.5 Å². The molecule has 1 aromatic carbocycles. The van der Waals surface area contributed by atoms with E-state index in [1.165, 1.54) is 4.31 Å². The van der Waals surface area contributed by atoms with E-state index in [9.17, 15) is 13.2 Å². The van der Waals surface area contributed by atoms with Crippen LogP contribution in [0.5, 0.6) is 0 Å². The Balaban J connectivity index is 2.33. The van der Waals surface area contributed by atoms with Crippen LogP contribution in [0.25, 0.3) is 0 Å². The summed E-state index contributed by atoms with van der Waals surface area (Å²) in [5.74, 6) is 0.0328. The minimum absolute atomic E-state index is 0.0328. The van der Waals surface area contributed by atoms with Crippen LogP contribution in [0.2, 0.25) is 0 Å². The van der Waals surface area contributed by atoms with Crippen LogP contribution in [0, 0.1) is 0 Å². The number of fused-ring (bicyclic) bond motifs is 1. The third-order valence-corrected chi connectivity index (χ3v) is 4.59. The molecule has 0 aromatic heterocycles. The SMILES string of the molecule is COC(=O)NS(=O)(=O)N1CC(CCN)c2ccccc21. The number of hydrogen-bond donors (Lipinski definition) is 2. The van der Waals surface area contributed by atoms with Gasteiger partial charge in [-0.15, -0.1) is 0 Å². The Labute approximate surface area is 117 Å². The van der Waals surface area contributed by atoms with Crippen molar-refractivity contribution in [1.29, 1.82) is 0 Å². The average Bonchev–Trinajstić information content (AvgIpc) is 2.79. The highest BCUT2D eigenvalue weighted by molar-refractivity contribution is 7.91. The molecule has 0 bridgehead atoms. The van der Waals surface area contributed by atoms with E-state index in [2.05, 4.69) is 4.74 Å². The van der Waals surface area contributed by atoms with Crippen molar-refractivity contribution < 1.29 is 17.9 Å². The summed E-state index contributed by atoms with van der Waals surface area (Å²) in [4.78, 5) is 11.1. The Bertz CT molecular complexity index is 602. The predicted molar refractivity (Wildman–Crippen MR) is 74.7 cm³/mol. The molecule has 0 saturated heterocycles. The number of amides is 1. The van der Waals surface area contributed by atoms with Crippen molar-refractivity contribution in [2.75, 3.05) is 24.5 Å². The van der Waals surface area contributed by atoms with Crippen molar-refractivity contribution in [2.24, 2.45) is 5.73 Å². The second-order valence-corrected chi connectivity index (χ2v) is 6.06. The molecule has 1 unspecified atom stereocenters. The molecule has 0 fully saturated rings. The van der Waals surface area contributed by atoms with Gasteiger partial charge in [0.1, 0.15) is 0 Å². The molecule has 0 radical (unpaired) electrons. The maximum Gasteiger partial charge on any atom is 0.422 e. The fourth-order valence-electron chi connectivity index (χ4n) is 2.33. The van der Waals surface area contributed by atoms with Crippen molar-refractivity contribution in [3.05, 3.63) is 29.8 Å². The number of para-hydroxylation sites is 1. The van der Waals surface area contributed by atoms with Crippen LogP contribution < -0.4 is 14.8 Å². The highest BCUT2D eigenvalue weighted by atomic mass is 32.2. The van der Waals surface area contributed by atoms with Crippen LogP contribution in [0.4, 0.5) is 10.5 Å². The van der Waals surface area contributed by atoms with E-state index in [0.29, 0.717) is 18.7 Å². The summed E-state index contributed by atoms with van der Waals surface area (Å²) < 4.78 is 31.8. The first-order valence-corrected chi connectivity index (χ1v) is 7.61. The van der Waals surface area contributed by atoms with Gasteiger partial charge in [-0.2, -0.15) is 8.42 Å². The average molecular weight is 299 g/mol. The first-order chi connectivity index (χ1) is 9.49. The third-order valence-electron chi connectivity index (χ3n) is 3.23. The quantitative estimate of drug-likeness (QED) is 0.845. The monoisotopic (exact) mass is 299 g/mol. The predicted octanol–water partition coefficient (Wildman–Crippen LogP) is 0.540. The maximum absolute atomic E-state index is 12.2. The van der Waals surface area contributed by atoms with Crippen molar-refractivity contribution in [1.82, 2.24) is 4.72 Å². The van der Waals surface area contributed by atoms with E-state index in [0.717, 1.165) is 12.7 Å². The molecule has 0 saturated carbocycles. The minimum atomic E-state index is -3.97. The topological polar surface area (TPSA) is 102 Å². The molecule has 0 spiro atoms. The zero-order chi connectivity index (χ0) is 14.8. The van der Waals surface area contributed by atoms with E-state index in [1.54, 1.807) is 12.1 Å². The van der Waals surface area contributed by atoms with Crippen LogP contribution in [0.15, 0.2) is 24.3 Å². The Kier molecular flexibility index (Phi) is 4.15. The van der Waals surface area contributed by atoms with Gasteiger partial charge >= 0.3 is 16.3 Å². The van der Waals surface area contributed by atoms with Gasteiger partial charge in [0.15, 0.2) is 0 Å². The lowest BCUT2D eigenvalue weighted by atomic mass is 9.98. The normalized spacial score (nSPS) is 17.7. The standard InChI is InChI=1S/C12H17N3O4S/c1-19-12(16)14-20(17,18)15-8-9(6-7-13)10-4-2-3-5-11(10)15/h2-5,9H,6-8,13H2,1H3,(H,14,16). The number of nitrogens with zero attached hydrogens (tertiary/aromatic N) is 1. The maximum atomic E-state index is 12.2. The van der Waals surface area contributed by atoms with Gasteiger partial charge in [-0.1, -0.05) is 18.2 Å². The highest BCUT2D eigenvalue weighted by Gasteiger charge is 2.35. The summed E-state index contributed by atoms with van der Waals surface area (Å²) in [7, 11) is -2.86. The number of carbonyl (C=O) groups is 1. The fourth-order valence-corrected chi connectivity index (χ4v) is 3.54. The molecule has 8 heteroatoms. The number of rotatable bonds is 4. The fraction of sp³-hybridized carbons (Fsp3) is 0.417. The van der Waals surface area contributed by atoms with Crippen molar-refractivity contribution in [3.8, 4) is 0 Å². The largest absolute Gasteiger partial charge is 0.452 e. The van der Waals surface area contributed by atoms with Crippen LogP contribution in [-0.4, -0.2) is 34.7 Å². The zero-order valence-electron chi connectivity index (χ0n) is 11.1. The zero-order valence-corrected chi connectivity index (χ0v) is 11.9. The van der Waals surface area contributed by atoms with E-state index >= 15 is 0 Å². The van der Waals surface area contributed by atoms with E-state index in [1.807, 2.05) is 16.9 Å². The van der Waals surface area contributed by atoms with Gasteiger partial charge in [0.25, 0.3) is 0 Å². The smallest absolute Gasteiger partial charge is 0.422 e. The molecule has 1 atom stereocenters. The summed E-state index contributed by atoms with van der Waals surface area (Å²) in [5.41, 5.74) is 7.06. The van der Waals surface area contributed by atoms with Gasteiger partial charge in [-0.3, -0.25) is 4.31 Å². The van der Waals surface area contributed by atoms with E-state index in [4.69, 9.17) is 5.73 Å². The molecular formula is C12H17N3O4S. The van der Waals surface area contributed by atoms with Crippen LogP contribution in [0.3, 0.4) is 0 Å². The molecule has 2 rings (SSSR count). The van der Waals surface area contributed by atoms with Crippen LogP contribution >= 0.6 is 0 Å². The van der Waals surface area contributed by atoms with Crippen molar-refractivity contribution in [2.45, 2.75) is 12.3 Å². The van der Waals surface area contributed by atoms with Gasteiger partial charge in [0, 0.05) is 12.5 Å². The van der Waals surface area contributed by atoms with Crippen LogP contribution in [0.1, 0.15) is 17.9 Å². The molecule has 20 heavy (non-hydrogen) atoms. The number of nitrogens with one attached hydrogen (secondary N) is 1. The molecule has 1 amide bonds. The molecule has 110 valence electrons. The highest BCUT2D eigenvalue weighted by Crippen LogP contribution is 2.38. The molecular weight excluding hydrogens is 282 g/mol. The van der Waals surface area contributed by atoms with Gasteiger partial charge in [-0.05, 0) is 24.6 Å². The summed E-state index contributed by atoms with van der Waals surface area (Å²) >= 11 is 0. The lowest BCUT2D eigenvalue weighted by molar-refractivity contribution is 0.177. The Morgan fingerprint density at radius 3 is 2.85 bits per heavy atom. The van der Waals surface area contributed by atoms with Crippen LogP contribution in [-0.2, 0) is 14.9 Å². The molecule has 7 nitrogen and oxygen atoms in total. The number of benzene rings is 1. The van der Waals surface area contributed by atoms with E-state index in [-0.39, 0.29) is 12.5 Å². The molecule has 1 aliphatic heterocycles. The summed E-state index contributed by atoms with van der Waals surface area (Å²) in [6.45, 7) is 0.736. The lowest BCUT2D eigenvalue weighted by Gasteiger charge is -2.19. The number of carbonyl (C=O) groups excluding carboxylic acids is 1. The number of nitrogens with two attached hydrogens (primary N) is 1. The Morgan fingerprint density at radius 1 is 1.50 bits per heavy atom. The minimum Gasteiger partial charge on any atom is -0.452 e. The Morgan fingerprint density at radius 2 is 2.20 bits per heavy atom. The molecule has 1 heterocycles. The first kappa shape index (κ1) is 14.6. The molecule has 0 aliphatic carbocycles. The summed E-state index contributed by atoms with van der Waals surface area (Å²) in [5, 5.41) is 0. The second-order valence-electron chi connectivity index (χ2n) is 4.46. The summed E-state index contributed by atoms with van der Waals surface area (Å²) in [6.07, 6.45) is -0.328. The lowest BCUT2D eigenvalue weighted by Crippen LogP contribution is -2.43. The number of methoxy groups -OCH3 is 1. The molecule has 1 aliphatic rings. The van der Waals surface area contributed by atoms with Gasteiger partial charge in [0.2, 0.25) is 0 Å². The molecule has 3 N–H and O–H groups in total. The van der Waals surface area contributed by atoms with Gasteiger partial charge in [0.05, 0.1) is 12.8 Å². The second kappa shape index (κ2) is 5.68. The number of hydrogen-bond acceptors (Lipinski definition) is 5. The Hall–Kier alpha value is -1.80.